The quantitative estimate of drug-likeness (QED) is 0.763. The smallest absolute Gasteiger partial charge is 0.239 e. The number of nitrogens with zero attached hydrogens (tertiary/aromatic N) is 2. The normalized spacial score (nSPS) is 27.4. The molecular formula is C13H25N3O2. The molecule has 0 spiro atoms. The number of carbonyl (C=O) groups is 1. The number of carbonyl (C=O) groups excluding carboxylic acids is 1. The molecule has 2 fully saturated rings. The van der Waals surface area contributed by atoms with Gasteiger partial charge in [0.1, 0.15) is 0 Å². The Morgan fingerprint density at radius 2 is 2.11 bits per heavy atom. The van der Waals surface area contributed by atoms with Crippen molar-refractivity contribution in [2.75, 3.05) is 46.4 Å². The van der Waals surface area contributed by atoms with Crippen LogP contribution in [0.15, 0.2) is 0 Å². The number of amides is 1. The average molecular weight is 255 g/mol. The molecule has 2 heterocycles. The van der Waals surface area contributed by atoms with Crippen LogP contribution in [0.3, 0.4) is 0 Å². The molecule has 0 saturated carbocycles. The lowest BCUT2D eigenvalue weighted by Crippen LogP contribution is -2.51. The van der Waals surface area contributed by atoms with E-state index in [1.807, 2.05) is 11.8 Å². The maximum Gasteiger partial charge on any atom is 0.239 e. The molecule has 2 aliphatic heterocycles. The number of hydrogen-bond donors (Lipinski definition) is 1. The molecule has 0 bridgehead atoms. The first-order chi connectivity index (χ1) is 8.68. The number of likely N-dealkylation sites (N-methyl/N-ethyl adjacent to an activating group) is 1. The van der Waals surface area contributed by atoms with Crippen LogP contribution in [0.1, 0.15) is 19.8 Å². The number of hydrogen-bond acceptors (Lipinski definition) is 4. The van der Waals surface area contributed by atoms with Crippen LogP contribution in [0.25, 0.3) is 0 Å². The summed E-state index contributed by atoms with van der Waals surface area (Å²) in [4.78, 5) is 16.5. The highest BCUT2D eigenvalue weighted by Crippen LogP contribution is 2.13. The van der Waals surface area contributed by atoms with Gasteiger partial charge in [-0.25, -0.2) is 0 Å². The topological polar surface area (TPSA) is 44.8 Å². The number of ether oxygens (including phenoxy) is 1. The van der Waals surface area contributed by atoms with Gasteiger partial charge < -0.3 is 19.9 Å². The molecule has 18 heavy (non-hydrogen) atoms. The maximum atomic E-state index is 12.2. The molecule has 1 amide bonds. The van der Waals surface area contributed by atoms with Crippen molar-refractivity contribution in [2.24, 2.45) is 0 Å². The van der Waals surface area contributed by atoms with Gasteiger partial charge in [0.05, 0.1) is 19.3 Å². The maximum absolute atomic E-state index is 12.2. The highest BCUT2D eigenvalue weighted by molar-refractivity contribution is 5.81. The fourth-order valence-corrected chi connectivity index (χ4v) is 2.69. The summed E-state index contributed by atoms with van der Waals surface area (Å²) in [6, 6.07) is 0.502. The monoisotopic (exact) mass is 255 g/mol. The second-order valence-corrected chi connectivity index (χ2v) is 5.34. The molecule has 1 N–H and O–H groups in total. The van der Waals surface area contributed by atoms with Crippen LogP contribution in [-0.2, 0) is 9.53 Å². The molecule has 5 heteroatoms. The second kappa shape index (κ2) is 6.50. The fourth-order valence-electron chi connectivity index (χ4n) is 2.69. The Morgan fingerprint density at radius 1 is 1.39 bits per heavy atom. The fraction of sp³-hybridized carbons (Fsp3) is 0.923. The molecule has 0 aromatic heterocycles. The standard InChI is InChI=1S/C13H25N3O2/c1-11(13(17)16-6-8-18-9-7-16)14-10-12-4-3-5-15(12)2/h11-12,14H,3-10H2,1-2H3. The van der Waals surface area contributed by atoms with Crippen LogP contribution in [-0.4, -0.2) is 74.2 Å². The Kier molecular flexibility index (Phi) is 4.97. The van der Waals surface area contributed by atoms with Crippen LogP contribution in [0.2, 0.25) is 0 Å². The minimum Gasteiger partial charge on any atom is -0.378 e. The van der Waals surface area contributed by atoms with E-state index in [1.54, 1.807) is 0 Å². The van der Waals surface area contributed by atoms with Gasteiger partial charge in [-0.2, -0.15) is 0 Å². The van der Waals surface area contributed by atoms with Crippen molar-refractivity contribution in [1.29, 1.82) is 0 Å². The minimum atomic E-state index is -0.0860. The van der Waals surface area contributed by atoms with E-state index in [2.05, 4.69) is 17.3 Å². The summed E-state index contributed by atoms with van der Waals surface area (Å²) in [7, 11) is 2.16. The van der Waals surface area contributed by atoms with Gasteiger partial charge in [-0.15, -0.1) is 0 Å². The molecule has 0 radical (unpaired) electrons. The SMILES string of the molecule is CC(NCC1CCCN1C)C(=O)N1CCOCC1. The molecule has 2 atom stereocenters. The van der Waals surface area contributed by atoms with E-state index >= 15 is 0 Å². The summed E-state index contributed by atoms with van der Waals surface area (Å²) in [6.07, 6.45) is 2.51. The second-order valence-electron chi connectivity index (χ2n) is 5.34. The van der Waals surface area contributed by atoms with Crippen molar-refractivity contribution in [2.45, 2.75) is 31.8 Å². The lowest BCUT2D eigenvalue weighted by molar-refractivity contribution is -0.137. The number of likely N-dealkylation sites (tertiary alicyclic amines) is 1. The summed E-state index contributed by atoms with van der Waals surface area (Å²) in [5.74, 6) is 0.207. The third kappa shape index (κ3) is 3.43. The van der Waals surface area contributed by atoms with Crippen LogP contribution in [0.5, 0.6) is 0 Å². The molecule has 0 aromatic carbocycles. The van der Waals surface area contributed by atoms with E-state index in [-0.39, 0.29) is 11.9 Å². The van der Waals surface area contributed by atoms with Gasteiger partial charge in [-0.05, 0) is 33.4 Å². The lowest BCUT2D eigenvalue weighted by Gasteiger charge is -2.30. The predicted octanol–water partition coefficient (Wildman–Crippen LogP) is -0.0825. The van der Waals surface area contributed by atoms with Crippen LogP contribution in [0.4, 0.5) is 0 Å². The zero-order chi connectivity index (χ0) is 13.0. The lowest BCUT2D eigenvalue weighted by atomic mass is 10.2. The molecule has 104 valence electrons. The highest BCUT2D eigenvalue weighted by atomic mass is 16.5. The number of morpholine rings is 1. The van der Waals surface area contributed by atoms with Gasteiger partial charge in [-0.3, -0.25) is 4.79 Å². The molecule has 0 aromatic rings. The van der Waals surface area contributed by atoms with Gasteiger partial charge in [0.25, 0.3) is 0 Å². The van der Waals surface area contributed by atoms with E-state index in [0.29, 0.717) is 19.3 Å². The molecule has 0 aliphatic carbocycles. The van der Waals surface area contributed by atoms with Gasteiger partial charge in [0.2, 0.25) is 5.91 Å². The zero-order valence-corrected chi connectivity index (χ0v) is 11.5. The Balaban J connectivity index is 1.73. The molecule has 2 unspecified atom stereocenters. The van der Waals surface area contributed by atoms with Crippen molar-refractivity contribution in [3.05, 3.63) is 0 Å². The van der Waals surface area contributed by atoms with Crippen molar-refractivity contribution in [3.8, 4) is 0 Å². The van der Waals surface area contributed by atoms with E-state index in [9.17, 15) is 4.79 Å². The third-order valence-electron chi connectivity index (χ3n) is 4.02. The largest absolute Gasteiger partial charge is 0.378 e. The van der Waals surface area contributed by atoms with Gasteiger partial charge in [-0.1, -0.05) is 0 Å². The third-order valence-corrected chi connectivity index (χ3v) is 4.02. The summed E-state index contributed by atoms with van der Waals surface area (Å²) < 4.78 is 5.26. The Hall–Kier alpha value is -0.650. The Morgan fingerprint density at radius 3 is 2.72 bits per heavy atom. The van der Waals surface area contributed by atoms with E-state index in [1.165, 1.54) is 19.4 Å². The molecular weight excluding hydrogens is 230 g/mol. The Bertz CT molecular complexity index is 279. The van der Waals surface area contributed by atoms with Crippen molar-refractivity contribution in [1.82, 2.24) is 15.1 Å². The first-order valence-electron chi connectivity index (χ1n) is 6.98. The number of nitrogens with one attached hydrogen (secondary N) is 1. The molecule has 2 saturated heterocycles. The van der Waals surface area contributed by atoms with Crippen molar-refractivity contribution in [3.63, 3.8) is 0 Å². The summed E-state index contributed by atoms with van der Waals surface area (Å²) in [5.41, 5.74) is 0. The van der Waals surface area contributed by atoms with Crippen LogP contribution in [0, 0.1) is 0 Å². The summed E-state index contributed by atoms with van der Waals surface area (Å²) >= 11 is 0. The first kappa shape index (κ1) is 13.8. The van der Waals surface area contributed by atoms with E-state index in [4.69, 9.17) is 4.74 Å². The van der Waals surface area contributed by atoms with Crippen LogP contribution < -0.4 is 5.32 Å². The highest BCUT2D eigenvalue weighted by Gasteiger charge is 2.25. The van der Waals surface area contributed by atoms with Crippen molar-refractivity contribution < 1.29 is 9.53 Å². The summed E-state index contributed by atoms with van der Waals surface area (Å²) in [6.45, 7) is 6.86. The number of rotatable bonds is 4. The van der Waals surface area contributed by atoms with Crippen molar-refractivity contribution >= 4 is 5.91 Å². The zero-order valence-electron chi connectivity index (χ0n) is 11.5. The molecule has 2 aliphatic rings. The molecule has 5 nitrogen and oxygen atoms in total. The van der Waals surface area contributed by atoms with Crippen LogP contribution >= 0.6 is 0 Å². The van der Waals surface area contributed by atoms with E-state index in [0.717, 1.165) is 19.6 Å². The van der Waals surface area contributed by atoms with Gasteiger partial charge >= 0.3 is 0 Å². The first-order valence-corrected chi connectivity index (χ1v) is 6.98. The van der Waals surface area contributed by atoms with Gasteiger partial charge in [0, 0.05) is 25.7 Å². The average Bonchev–Trinajstić information content (AvgIpc) is 2.81. The molecule has 2 rings (SSSR count). The predicted molar refractivity (Wildman–Crippen MR) is 70.5 cm³/mol. The van der Waals surface area contributed by atoms with Gasteiger partial charge in [0.15, 0.2) is 0 Å². The Labute approximate surface area is 109 Å². The van der Waals surface area contributed by atoms with E-state index < -0.39 is 0 Å². The summed E-state index contributed by atoms with van der Waals surface area (Å²) in [5, 5.41) is 3.38. The minimum absolute atomic E-state index is 0.0860.